The van der Waals surface area contributed by atoms with E-state index < -0.39 is 17.2 Å². The molecule has 0 heterocycles. The van der Waals surface area contributed by atoms with Crippen molar-refractivity contribution in [1.82, 2.24) is 0 Å². The van der Waals surface area contributed by atoms with Crippen molar-refractivity contribution in [1.29, 1.82) is 0 Å². The number of benzene rings is 4. The fourth-order valence-corrected chi connectivity index (χ4v) is 4.74. The molecule has 34 heavy (non-hydrogen) atoms. The van der Waals surface area contributed by atoms with E-state index in [0.29, 0.717) is 24.2 Å². The molecule has 0 amide bonds. The quantitative estimate of drug-likeness (QED) is 0.350. The number of carboxylic acids is 1. The Morgan fingerprint density at radius 2 is 1.38 bits per heavy atom. The summed E-state index contributed by atoms with van der Waals surface area (Å²) in [5.41, 5.74) is 4.27. The minimum atomic E-state index is -2.53. The summed E-state index contributed by atoms with van der Waals surface area (Å²) < 4.78 is 26.1. The van der Waals surface area contributed by atoms with E-state index in [9.17, 15) is 18.7 Å². The van der Waals surface area contributed by atoms with Gasteiger partial charge in [0.15, 0.2) is 0 Å². The van der Waals surface area contributed by atoms with E-state index in [1.54, 1.807) is 24.3 Å². The molecular weight excluding hydrogens is 448 g/mol. The smallest absolute Gasteiger partial charge is 0.335 e. The number of hydrogen-bond donors (Lipinski definition) is 1. The molecule has 1 atom stereocenters. The summed E-state index contributed by atoms with van der Waals surface area (Å²) in [6.45, 7) is 0. The van der Waals surface area contributed by atoms with Crippen LogP contribution >= 0.6 is 0 Å². The number of aromatic carboxylic acids is 1. The van der Waals surface area contributed by atoms with Crippen LogP contribution in [0.1, 0.15) is 21.5 Å². The summed E-state index contributed by atoms with van der Waals surface area (Å²) in [4.78, 5) is 13.2. The number of carbonyl (C=O) groups is 1. The average Bonchev–Trinajstić information content (AvgIpc) is 2.83. The van der Waals surface area contributed by atoms with Crippen molar-refractivity contribution < 1.29 is 18.7 Å². The van der Waals surface area contributed by atoms with Crippen LogP contribution in [0.3, 0.4) is 0 Å². The molecule has 0 saturated carbocycles. The van der Waals surface area contributed by atoms with Crippen molar-refractivity contribution in [2.45, 2.75) is 12.8 Å². The fourth-order valence-electron chi connectivity index (χ4n) is 4.14. The molecule has 0 radical (unpaired) electrons. The number of carboxylic acid groups (broad SMARTS) is 1. The zero-order valence-electron chi connectivity index (χ0n) is 19.0. The third kappa shape index (κ3) is 4.95. The molecule has 0 aliphatic rings. The highest BCUT2D eigenvalue weighted by atomic mass is 32.2. The largest absolute Gasteiger partial charge is 0.755 e. The van der Waals surface area contributed by atoms with Crippen molar-refractivity contribution in [2.75, 3.05) is 23.3 Å². The molecule has 6 nitrogen and oxygen atoms in total. The van der Waals surface area contributed by atoms with Gasteiger partial charge in [0.25, 0.3) is 0 Å². The molecule has 7 heteroatoms. The summed E-state index contributed by atoms with van der Waals surface area (Å²) in [6, 6.07) is 25.8. The Labute approximate surface area is 201 Å². The lowest BCUT2D eigenvalue weighted by Gasteiger charge is -2.28. The monoisotopic (exact) mass is 473 g/mol. The standard InChI is InChI=1S/C27H26N2O4S/c1-28(2)25-13-5-12-24-23(25)11-6-14-26(24)29(34(32)33)22-10-4-8-20(18-22)16-15-19-7-3-9-21(17-19)27(30)31/h3-14,17-18H,15-16H2,1-2H3,(H,30,31)(H,32,33)/p-1. The zero-order chi connectivity index (χ0) is 24.2. The van der Waals surface area contributed by atoms with E-state index in [2.05, 4.69) is 0 Å². The molecule has 174 valence electrons. The highest BCUT2D eigenvalue weighted by Gasteiger charge is 2.16. The van der Waals surface area contributed by atoms with Crippen molar-refractivity contribution in [3.8, 4) is 0 Å². The first-order valence-corrected chi connectivity index (χ1v) is 11.9. The normalized spacial score (nSPS) is 11.9. The maximum absolute atomic E-state index is 12.4. The van der Waals surface area contributed by atoms with Crippen molar-refractivity contribution >= 4 is 45.1 Å². The van der Waals surface area contributed by atoms with Gasteiger partial charge in [-0.2, -0.15) is 0 Å². The Balaban J connectivity index is 1.67. The topological polar surface area (TPSA) is 83.9 Å². The highest BCUT2D eigenvalue weighted by Crippen LogP contribution is 2.37. The molecule has 0 spiro atoms. The van der Waals surface area contributed by atoms with Crippen LogP contribution in [0.5, 0.6) is 0 Å². The zero-order valence-corrected chi connectivity index (χ0v) is 19.8. The molecule has 0 saturated heterocycles. The first kappa shape index (κ1) is 23.5. The van der Waals surface area contributed by atoms with E-state index in [0.717, 1.165) is 27.6 Å². The van der Waals surface area contributed by atoms with E-state index in [4.69, 9.17) is 0 Å². The predicted octanol–water partition coefficient (Wildman–Crippen LogP) is 5.32. The predicted molar refractivity (Wildman–Crippen MR) is 137 cm³/mol. The van der Waals surface area contributed by atoms with Gasteiger partial charge in [-0.1, -0.05) is 48.5 Å². The third-order valence-electron chi connectivity index (χ3n) is 5.75. The molecule has 0 aliphatic heterocycles. The lowest BCUT2D eigenvalue weighted by molar-refractivity contribution is 0.0696. The van der Waals surface area contributed by atoms with Gasteiger partial charge >= 0.3 is 5.97 Å². The maximum Gasteiger partial charge on any atom is 0.335 e. The molecular formula is C27H25N2O4S-. The number of hydrogen-bond acceptors (Lipinski definition) is 4. The van der Waals surface area contributed by atoms with Crippen molar-refractivity contribution in [2.24, 2.45) is 0 Å². The summed E-state index contributed by atoms with van der Waals surface area (Å²) in [7, 11) is 3.92. The van der Waals surface area contributed by atoms with Crippen LogP contribution in [0.25, 0.3) is 10.8 Å². The van der Waals surface area contributed by atoms with E-state index in [1.807, 2.05) is 79.7 Å². The number of aryl methyl sites for hydroxylation is 2. The Morgan fingerprint density at radius 3 is 2.00 bits per heavy atom. The summed E-state index contributed by atoms with van der Waals surface area (Å²) in [5, 5.41) is 11.0. The van der Waals surface area contributed by atoms with Crippen LogP contribution in [-0.2, 0) is 24.1 Å². The molecule has 0 aromatic heterocycles. The number of anilines is 3. The van der Waals surface area contributed by atoms with Crippen LogP contribution < -0.4 is 9.21 Å². The maximum atomic E-state index is 12.4. The highest BCUT2D eigenvalue weighted by molar-refractivity contribution is 7.81. The fraction of sp³-hybridized carbons (Fsp3) is 0.148. The second kappa shape index (κ2) is 10.1. The lowest BCUT2D eigenvalue weighted by atomic mass is 10.0. The molecule has 1 unspecified atom stereocenters. The van der Waals surface area contributed by atoms with Crippen molar-refractivity contribution in [3.63, 3.8) is 0 Å². The van der Waals surface area contributed by atoms with Crippen molar-refractivity contribution in [3.05, 3.63) is 102 Å². The molecule has 4 rings (SSSR count). The van der Waals surface area contributed by atoms with Crippen LogP contribution in [0, 0.1) is 0 Å². The van der Waals surface area contributed by atoms with E-state index >= 15 is 0 Å². The average molecular weight is 474 g/mol. The number of rotatable bonds is 8. The van der Waals surface area contributed by atoms with Crippen LogP contribution in [0.2, 0.25) is 0 Å². The lowest BCUT2D eigenvalue weighted by Crippen LogP contribution is -2.20. The first-order valence-electron chi connectivity index (χ1n) is 10.8. The molecule has 1 N–H and O–H groups in total. The second-order valence-electron chi connectivity index (χ2n) is 8.23. The van der Waals surface area contributed by atoms with Gasteiger partial charge in [-0.15, -0.1) is 0 Å². The van der Waals surface area contributed by atoms with Gasteiger partial charge in [0.2, 0.25) is 0 Å². The van der Waals surface area contributed by atoms with Gasteiger partial charge in [0.1, 0.15) is 0 Å². The Kier molecular flexibility index (Phi) is 6.95. The number of fused-ring (bicyclic) bond motifs is 1. The summed E-state index contributed by atoms with van der Waals surface area (Å²) in [5.74, 6) is -0.954. The molecule has 0 aliphatic carbocycles. The minimum absolute atomic E-state index is 0.257. The van der Waals surface area contributed by atoms with E-state index in [-0.39, 0.29) is 5.56 Å². The van der Waals surface area contributed by atoms with Crippen LogP contribution in [0.15, 0.2) is 84.9 Å². The Hall–Kier alpha value is -3.68. The van der Waals surface area contributed by atoms with Gasteiger partial charge in [-0.05, 0) is 60.4 Å². The Morgan fingerprint density at radius 1 is 0.824 bits per heavy atom. The van der Waals surface area contributed by atoms with Gasteiger partial charge in [-0.25, -0.2) is 4.79 Å². The third-order valence-corrected chi connectivity index (χ3v) is 6.45. The van der Waals surface area contributed by atoms with Gasteiger partial charge in [-0.3, -0.25) is 8.51 Å². The number of nitrogens with zero attached hydrogens (tertiary/aromatic N) is 2. The van der Waals surface area contributed by atoms with E-state index in [1.165, 1.54) is 4.31 Å². The summed E-state index contributed by atoms with van der Waals surface area (Å²) in [6.07, 6.45) is 1.29. The molecule has 0 fully saturated rings. The molecule has 0 bridgehead atoms. The second-order valence-corrected chi connectivity index (χ2v) is 9.03. The molecule has 4 aromatic rings. The summed E-state index contributed by atoms with van der Waals surface area (Å²) >= 11 is -2.53. The SMILES string of the molecule is CN(C)c1cccc2c(N(c3cccc(CCc4cccc(C(=O)O)c4)c3)S(=O)[O-])cccc12. The van der Waals surface area contributed by atoms with Gasteiger partial charge in [0.05, 0.1) is 28.2 Å². The van der Waals surface area contributed by atoms with Crippen LogP contribution in [0.4, 0.5) is 17.1 Å². The van der Waals surface area contributed by atoms with Crippen LogP contribution in [-0.4, -0.2) is 33.9 Å². The van der Waals surface area contributed by atoms with Gasteiger partial charge < -0.3 is 14.6 Å². The first-order chi connectivity index (χ1) is 16.3. The minimum Gasteiger partial charge on any atom is -0.755 e. The molecule has 4 aromatic carbocycles. The Bertz CT molecular complexity index is 1370. The van der Waals surface area contributed by atoms with Gasteiger partial charge in [0, 0.05) is 30.6 Å².